The molecule has 1 aliphatic carbocycles. The highest BCUT2D eigenvalue weighted by molar-refractivity contribution is 6.25. The summed E-state index contributed by atoms with van der Waals surface area (Å²) in [5.74, 6) is 0. The first-order chi connectivity index (χ1) is 23.6. The van der Waals surface area contributed by atoms with Crippen LogP contribution in [0.1, 0.15) is 25.0 Å². The minimum Gasteiger partial charge on any atom is -0.310 e. The standard InChI is InChI=1S/C47H33N/c1-47(2)45-18-10-9-17-42(45)43-26-23-34(29-46(43)47)48(32-21-24-36-31(27-32)20-19-30-11-3-4-12-35(30)36)33-22-25-41-39-15-6-5-13-37(39)38-14-7-8-16-40(38)44(41)28-33/h3-29H,1-2H3. The van der Waals surface area contributed by atoms with E-state index in [2.05, 4.69) is 183 Å². The van der Waals surface area contributed by atoms with Crippen molar-refractivity contribution < 1.29 is 0 Å². The van der Waals surface area contributed by atoms with E-state index >= 15 is 0 Å². The van der Waals surface area contributed by atoms with Crippen LogP contribution < -0.4 is 4.90 Å². The smallest absolute Gasteiger partial charge is 0.0468 e. The number of rotatable bonds is 3. The highest BCUT2D eigenvalue weighted by atomic mass is 15.1. The maximum Gasteiger partial charge on any atom is 0.0468 e. The predicted octanol–water partition coefficient (Wildman–Crippen LogP) is 13.2. The molecule has 9 aromatic rings. The lowest BCUT2D eigenvalue weighted by atomic mass is 9.82. The molecule has 0 saturated carbocycles. The first-order valence-electron chi connectivity index (χ1n) is 16.9. The number of hydrogen-bond donors (Lipinski definition) is 0. The second-order valence-corrected chi connectivity index (χ2v) is 13.7. The van der Waals surface area contributed by atoms with Crippen LogP contribution in [0, 0.1) is 0 Å². The Hall–Kier alpha value is -5.92. The van der Waals surface area contributed by atoms with Crippen molar-refractivity contribution in [3.63, 3.8) is 0 Å². The van der Waals surface area contributed by atoms with E-state index in [1.165, 1.54) is 81.8 Å². The van der Waals surface area contributed by atoms with Gasteiger partial charge in [0.1, 0.15) is 0 Å². The maximum atomic E-state index is 2.46. The summed E-state index contributed by atoms with van der Waals surface area (Å²) < 4.78 is 0. The van der Waals surface area contributed by atoms with Gasteiger partial charge in [0.05, 0.1) is 0 Å². The van der Waals surface area contributed by atoms with Crippen LogP contribution in [0.5, 0.6) is 0 Å². The molecule has 0 bridgehead atoms. The number of anilines is 3. The molecule has 0 heterocycles. The quantitative estimate of drug-likeness (QED) is 0.180. The molecule has 0 radical (unpaired) electrons. The van der Waals surface area contributed by atoms with Crippen molar-refractivity contribution in [3.8, 4) is 11.1 Å². The van der Waals surface area contributed by atoms with Gasteiger partial charge in [0.2, 0.25) is 0 Å². The Balaban J connectivity index is 1.24. The molecule has 0 aromatic heterocycles. The Kier molecular flexibility index (Phi) is 5.69. The van der Waals surface area contributed by atoms with Gasteiger partial charge in [0.15, 0.2) is 0 Å². The Bertz CT molecular complexity index is 2730. The van der Waals surface area contributed by atoms with Crippen molar-refractivity contribution in [3.05, 3.63) is 175 Å². The average Bonchev–Trinajstić information content (AvgIpc) is 3.37. The van der Waals surface area contributed by atoms with Crippen LogP contribution in [0.15, 0.2) is 164 Å². The molecule has 48 heavy (non-hydrogen) atoms. The van der Waals surface area contributed by atoms with Crippen LogP contribution in [-0.4, -0.2) is 0 Å². The average molecular weight is 612 g/mol. The Morgan fingerprint density at radius 3 is 1.56 bits per heavy atom. The van der Waals surface area contributed by atoms with E-state index < -0.39 is 0 Å². The zero-order chi connectivity index (χ0) is 32.0. The maximum absolute atomic E-state index is 2.46. The molecule has 10 rings (SSSR count). The monoisotopic (exact) mass is 611 g/mol. The summed E-state index contributed by atoms with van der Waals surface area (Å²) in [5.41, 5.74) is 8.82. The van der Waals surface area contributed by atoms with Crippen molar-refractivity contribution >= 4 is 70.9 Å². The van der Waals surface area contributed by atoms with Crippen molar-refractivity contribution in [1.29, 1.82) is 0 Å². The normalized spacial score (nSPS) is 13.4. The third-order valence-corrected chi connectivity index (χ3v) is 10.8. The summed E-state index contributed by atoms with van der Waals surface area (Å²) in [6.45, 7) is 4.72. The van der Waals surface area contributed by atoms with E-state index in [1.807, 2.05) is 0 Å². The summed E-state index contributed by atoms with van der Waals surface area (Å²) >= 11 is 0. The van der Waals surface area contributed by atoms with E-state index in [4.69, 9.17) is 0 Å². The molecule has 226 valence electrons. The predicted molar refractivity (Wildman–Crippen MR) is 206 cm³/mol. The van der Waals surface area contributed by atoms with Gasteiger partial charge in [-0.2, -0.15) is 0 Å². The van der Waals surface area contributed by atoms with Crippen molar-refractivity contribution in [2.45, 2.75) is 19.3 Å². The minimum atomic E-state index is -0.0889. The molecule has 0 aliphatic heterocycles. The van der Waals surface area contributed by atoms with Crippen LogP contribution in [0.3, 0.4) is 0 Å². The number of hydrogen-bond acceptors (Lipinski definition) is 1. The summed E-state index contributed by atoms with van der Waals surface area (Å²) in [6, 6.07) is 60.8. The van der Waals surface area contributed by atoms with Gasteiger partial charge in [-0.05, 0) is 113 Å². The fourth-order valence-corrected chi connectivity index (χ4v) is 8.45. The molecule has 0 unspecified atom stereocenters. The van der Waals surface area contributed by atoms with Gasteiger partial charge in [0.25, 0.3) is 0 Å². The van der Waals surface area contributed by atoms with Gasteiger partial charge >= 0.3 is 0 Å². The zero-order valence-corrected chi connectivity index (χ0v) is 27.0. The van der Waals surface area contributed by atoms with E-state index in [1.54, 1.807) is 0 Å². The molecule has 0 N–H and O–H groups in total. The lowest BCUT2D eigenvalue weighted by Gasteiger charge is -2.29. The summed E-state index contributed by atoms with van der Waals surface area (Å²) in [5, 5.41) is 12.8. The summed E-state index contributed by atoms with van der Waals surface area (Å²) in [6.07, 6.45) is 0. The van der Waals surface area contributed by atoms with Gasteiger partial charge < -0.3 is 4.90 Å². The van der Waals surface area contributed by atoms with E-state index in [0.717, 1.165) is 11.4 Å². The van der Waals surface area contributed by atoms with Gasteiger partial charge in [-0.25, -0.2) is 0 Å². The van der Waals surface area contributed by atoms with Gasteiger partial charge in [-0.3, -0.25) is 0 Å². The molecule has 0 spiro atoms. The molecule has 0 fully saturated rings. The lowest BCUT2D eigenvalue weighted by Crippen LogP contribution is -2.16. The van der Waals surface area contributed by atoms with E-state index in [-0.39, 0.29) is 5.41 Å². The first-order valence-corrected chi connectivity index (χ1v) is 16.9. The highest BCUT2D eigenvalue weighted by Crippen LogP contribution is 2.51. The number of fused-ring (bicyclic) bond motifs is 12. The van der Waals surface area contributed by atoms with E-state index in [9.17, 15) is 0 Å². The van der Waals surface area contributed by atoms with Crippen molar-refractivity contribution in [1.82, 2.24) is 0 Å². The fraction of sp³-hybridized carbons (Fsp3) is 0.0638. The largest absolute Gasteiger partial charge is 0.310 e. The fourth-order valence-electron chi connectivity index (χ4n) is 8.45. The third-order valence-electron chi connectivity index (χ3n) is 10.8. The molecule has 0 amide bonds. The molecular weight excluding hydrogens is 579 g/mol. The molecule has 1 heteroatoms. The van der Waals surface area contributed by atoms with Gasteiger partial charge in [-0.15, -0.1) is 0 Å². The molecule has 1 aliphatic rings. The second-order valence-electron chi connectivity index (χ2n) is 13.7. The zero-order valence-electron chi connectivity index (χ0n) is 27.0. The highest BCUT2D eigenvalue weighted by Gasteiger charge is 2.35. The Labute approximate surface area is 280 Å². The van der Waals surface area contributed by atoms with Gasteiger partial charge in [0, 0.05) is 22.5 Å². The van der Waals surface area contributed by atoms with Crippen LogP contribution >= 0.6 is 0 Å². The number of nitrogens with zero attached hydrogens (tertiary/aromatic N) is 1. The SMILES string of the molecule is CC1(C)c2ccccc2-c2ccc(N(c3ccc4c(ccc5ccccc54)c3)c3ccc4c5ccccc5c5ccccc5c4c3)cc21. The lowest BCUT2D eigenvalue weighted by molar-refractivity contribution is 0.660. The summed E-state index contributed by atoms with van der Waals surface area (Å²) in [4.78, 5) is 2.46. The molecular formula is C47H33N. The van der Waals surface area contributed by atoms with Gasteiger partial charge in [-0.1, -0.05) is 141 Å². The van der Waals surface area contributed by atoms with Crippen LogP contribution in [0.2, 0.25) is 0 Å². The van der Waals surface area contributed by atoms with Crippen molar-refractivity contribution in [2.75, 3.05) is 4.90 Å². The van der Waals surface area contributed by atoms with Crippen LogP contribution in [0.25, 0.3) is 65.0 Å². The third kappa shape index (κ3) is 3.85. The van der Waals surface area contributed by atoms with Crippen molar-refractivity contribution in [2.24, 2.45) is 0 Å². The molecule has 9 aromatic carbocycles. The summed E-state index contributed by atoms with van der Waals surface area (Å²) in [7, 11) is 0. The Morgan fingerprint density at radius 1 is 0.333 bits per heavy atom. The topological polar surface area (TPSA) is 3.24 Å². The first kappa shape index (κ1) is 27.2. The van der Waals surface area contributed by atoms with E-state index in [0.29, 0.717) is 0 Å². The second kappa shape index (κ2) is 10.0. The molecule has 1 nitrogen and oxygen atoms in total. The minimum absolute atomic E-state index is 0.0889. The van der Waals surface area contributed by atoms with Crippen LogP contribution in [0.4, 0.5) is 17.1 Å². The molecule has 0 saturated heterocycles. The molecule has 0 atom stereocenters. The van der Waals surface area contributed by atoms with Crippen LogP contribution in [-0.2, 0) is 5.41 Å². The Morgan fingerprint density at radius 2 is 0.812 bits per heavy atom. The number of benzene rings is 9.